The van der Waals surface area contributed by atoms with Crippen LogP contribution in [0.25, 0.3) is 0 Å². The standard InChI is InChI=1S/C17H22FN3O4S/c18-16-13-9-20(8-11-3-1-2-4-11)6-5-12(13)7-14(22)17(16)21-10-15(23)19-26(21,24)25/h7,11,22H,1-6,8-10H2,(H,19,23). The number of carbonyl (C=O) groups is 1. The zero-order valence-electron chi connectivity index (χ0n) is 14.4. The second-order valence-electron chi connectivity index (χ2n) is 7.37. The summed E-state index contributed by atoms with van der Waals surface area (Å²) >= 11 is 0. The van der Waals surface area contributed by atoms with Crippen molar-refractivity contribution in [2.75, 3.05) is 23.9 Å². The fourth-order valence-corrected chi connectivity index (χ4v) is 5.45. The molecule has 142 valence electrons. The number of hydrogen-bond acceptors (Lipinski definition) is 5. The first-order valence-electron chi connectivity index (χ1n) is 8.94. The topological polar surface area (TPSA) is 90.0 Å². The number of carbonyl (C=O) groups excluding carboxylic acids is 1. The molecule has 2 fully saturated rings. The molecule has 26 heavy (non-hydrogen) atoms. The van der Waals surface area contributed by atoms with Gasteiger partial charge >= 0.3 is 10.2 Å². The third-order valence-electron chi connectivity index (χ3n) is 5.55. The Balaban J connectivity index is 1.65. The summed E-state index contributed by atoms with van der Waals surface area (Å²) in [5, 5.41) is 10.2. The van der Waals surface area contributed by atoms with Crippen LogP contribution in [0.2, 0.25) is 0 Å². The second-order valence-corrected chi connectivity index (χ2v) is 8.96. The van der Waals surface area contributed by atoms with Gasteiger partial charge in [0.15, 0.2) is 5.82 Å². The van der Waals surface area contributed by atoms with Gasteiger partial charge in [0.05, 0.1) is 0 Å². The summed E-state index contributed by atoms with van der Waals surface area (Å²) < 4.78 is 41.7. The van der Waals surface area contributed by atoms with Crippen LogP contribution in [0, 0.1) is 11.7 Å². The van der Waals surface area contributed by atoms with E-state index in [0.29, 0.717) is 34.3 Å². The molecule has 0 aromatic heterocycles. The van der Waals surface area contributed by atoms with Gasteiger partial charge in [0.1, 0.15) is 18.0 Å². The summed E-state index contributed by atoms with van der Waals surface area (Å²) in [5.41, 5.74) is 0.670. The highest BCUT2D eigenvalue weighted by Gasteiger charge is 2.39. The average molecular weight is 383 g/mol. The lowest BCUT2D eigenvalue weighted by molar-refractivity contribution is -0.117. The molecule has 0 atom stereocenters. The lowest BCUT2D eigenvalue weighted by atomic mass is 9.96. The smallest absolute Gasteiger partial charge is 0.326 e. The van der Waals surface area contributed by atoms with E-state index < -0.39 is 39.9 Å². The van der Waals surface area contributed by atoms with Crippen molar-refractivity contribution in [1.82, 2.24) is 9.62 Å². The first-order valence-corrected chi connectivity index (χ1v) is 10.4. The van der Waals surface area contributed by atoms with Crippen LogP contribution >= 0.6 is 0 Å². The van der Waals surface area contributed by atoms with Gasteiger partial charge in [-0.3, -0.25) is 9.69 Å². The van der Waals surface area contributed by atoms with Crippen LogP contribution < -0.4 is 9.03 Å². The zero-order valence-corrected chi connectivity index (χ0v) is 15.2. The Morgan fingerprint density at radius 3 is 2.65 bits per heavy atom. The molecule has 1 aromatic rings. The molecule has 0 spiro atoms. The van der Waals surface area contributed by atoms with Gasteiger partial charge < -0.3 is 5.11 Å². The van der Waals surface area contributed by atoms with Crippen molar-refractivity contribution in [3.05, 3.63) is 23.0 Å². The van der Waals surface area contributed by atoms with E-state index in [0.717, 1.165) is 13.1 Å². The molecule has 4 rings (SSSR count). The molecule has 1 amide bonds. The molecule has 1 saturated heterocycles. The number of nitrogens with one attached hydrogen (secondary N) is 1. The molecular weight excluding hydrogens is 361 g/mol. The summed E-state index contributed by atoms with van der Waals surface area (Å²) in [6, 6.07) is 1.43. The number of amides is 1. The van der Waals surface area contributed by atoms with Gasteiger partial charge in [0.2, 0.25) is 0 Å². The van der Waals surface area contributed by atoms with E-state index in [9.17, 15) is 18.3 Å². The van der Waals surface area contributed by atoms with Gasteiger partial charge in [-0.15, -0.1) is 0 Å². The highest BCUT2D eigenvalue weighted by molar-refractivity contribution is 7.92. The third-order valence-corrected chi connectivity index (χ3v) is 6.93. The van der Waals surface area contributed by atoms with E-state index in [1.165, 1.54) is 31.7 Å². The summed E-state index contributed by atoms with van der Waals surface area (Å²) in [6.07, 6.45) is 5.50. The largest absolute Gasteiger partial charge is 0.506 e. The number of phenolic OH excluding ortho intramolecular Hbond substituents is 1. The maximum Gasteiger partial charge on any atom is 0.326 e. The molecule has 3 aliphatic rings. The van der Waals surface area contributed by atoms with Crippen molar-refractivity contribution in [2.24, 2.45) is 5.92 Å². The lowest BCUT2D eigenvalue weighted by Gasteiger charge is -2.32. The second kappa shape index (κ2) is 6.38. The van der Waals surface area contributed by atoms with E-state index in [1.54, 1.807) is 4.72 Å². The Morgan fingerprint density at radius 2 is 2.00 bits per heavy atom. The van der Waals surface area contributed by atoms with Crippen LogP contribution in [-0.2, 0) is 28.0 Å². The molecule has 0 radical (unpaired) electrons. The molecule has 0 unspecified atom stereocenters. The fraction of sp³-hybridized carbons (Fsp3) is 0.588. The molecular formula is C17H22FN3O4S. The molecule has 9 heteroatoms. The monoisotopic (exact) mass is 383 g/mol. The Bertz CT molecular complexity index is 852. The number of rotatable bonds is 3. The number of hydrogen-bond donors (Lipinski definition) is 2. The normalized spacial score (nSPS) is 23.3. The van der Waals surface area contributed by atoms with Crippen molar-refractivity contribution in [3.8, 4) is 5.75 Å². The van der Waals surface area contributed by atoms with E-state index >= 15 is 4.39 Å². The number of phenols is 1. The third kappa shape index (κ3) is 3.03. The SMILES string of the molecule is O=C1CN(c2c(O)cc3c(c2F)CN(CC2CCCC2)CC3)S(=O)(=O)N1. The number of fused-ring (bicyclic) bond motifs is 1. The van der Waals surface area contributed by atoms with Gasteiger partial charge in [-0.25, -0.2) is 13.4 Å². The van der Waals surface area contributed by atoms with Crippen LogP contribution in [-0.4, -0.2) is 44.0 Å². The quantitative estimate of drug-likeness (QED) is 0.820. The van der Waals surface area contributed by atoms with E-state index in [4.69, 9.17) is 0 Å². The molecule has 2 N–H and O–H groups in total. The predicted molar refractivity (Wildman–Crippen MR) is 93.4 cm³/mol. The summed E-state index contributed by atoms with van der Waals surface area (Å²) in [7, 11) is -4.17. The number of aromatic hydroxyl groups is 1. The summed E-state index contributed by atoms with van der Waals surface area (Å²) in [5.74, 6) is -1.32. The van der Waals surface area contributed by atoms with Crippen molar-refractivity contribution in [2.45, 2.75) is 38.6 Å². The minimum absolute atomic E-state index is 0.389. The highest BCUT2D eigenvalue weighted by atomic mass is 32.2. The number of anilines is 1. The maximum atomic E-state index is 15.2. The average Bonchev–Trinajstić information content (AvgIpc) is 3.15. The first-order chi connectivity index (χ1) is 12.3. The Kier molecular flexibility index (Phi) is 4.31. The minimum Gasteiger partial charge on any atom is -0.506 e. The Labute approximate surface area is 152 Å². The van der Waals surface area contributed by atoms with Crippen LogP contribution in [0.4, 0.5) is 10.1 Å². The number of nitrogens with zero attached hydrogens (tertiary/aromatic N) is 2. The molecule has 1 aliphatic carbocycles. The Morgan fingerprint density at radius 1 is 1.27 bits per heavy atom. The van der Waals surface area contributed by atoms with Crippen LogP contribution in [0.3, 0.4) is 0 Å². The summed E-state index contributed by atoms with van der Waals surface area (Å²) in [6.45, 7) is 1.57. The Hall–Kier alpha value is -1.87. The van der Waals surface area contributed by atoms with Gasteiger partial charge in [0.25, 0.3) is 5.91 Å². The van der Waals surface area contributed by atoms with Crippen molar-refractivity contribution in [1.29, 1.82) is 0 Å². The minimum atomic E-state index is -4.17. The zero-order chi connectivity index (χ0) is 18.5. The molecule has 1 aromatic carbocycles. The van der Waals surface area contributed by atoms with Crippen molar-refractivity contribution < 1.29 is 22.7 Å². The van der Waals surface area contributed by atoms with Crippen molar-refractivity contribution in [3.63, 3.8) is 0 Å². The molecule has 7 nitrogen and oxygen atoms in total. The molecule has 2 aliphatic heterocycles. The van der Waals surface area contributed by atoms with Crippen molar-refractivity contribution >= 4 is 21.8 Å². The maximum absolute atomic E-state index is 15.2. The molecule has 2 heterocycles. The number of benzene rings is 1. The van der Waals surface area contributed by atoms with Crippen LogP contribution in [0.1, 0.15) is 36.8 Å². The molecule has 1 saturated carbocycles. The van der Waals surface area contributed by atoms with E-state index in [2.05, 4.69) is 4.90 Å². The molecule has 0 bridgehead atoms. The fourth-order valence-electron chi connectivity index (χ4n) is 4.29. The highest BCUT2D eigenvalue weighted by Crippen LogP contribution is 2.39. The van der Waals surface area contributed by atoms with Crippen LogP contribution in [0.15, 0.2) is 6.07 Å². The van der Waals surface area contributed by atoms with E-state index in [1.807, 2.05) is 0 Å². The predicted octanol–water partition coefficient (Wildman–Crippen LogP) is 1.26. The lowest BCUT2D eigenvalue weighted by Crippen LogP contribution is -2.35. The van der Waals surface area contributed by atoms with Crippen LogP contribution in [0.5, 0.6) is 5.75 Å². The van der Waals surface area contributed by atoms with Gasteiger partial charge in [-0.05, 0) is 36.8 Å². The number of halogens is 1. The first kappa shape index (κ1) is 17.5. The van der Waals surface area contributed by atoms with Gasteiger partial charge in [-0.2, -0.15) is 8.42 Å². The van der Waals surface area contributed by atoms with E-state index in [-0.39, 0.29) is 0 Å². The van der Waals surface area contributed by atoms with Gasteiger partial charge in [0, 0.05) is 25.2 Å². The van der Waals surface area contributed by atoms with Gasteiger partial charge in [-0.1, -0.05) is 12.8 Å². The summed E-state index contributed by atoms with van der Waals surface area (Å²) in [4.78, 5) is 13.7.